The van der Waals surface area contributed by atoms with E-state index in [1.54, 1.807) is 35.4 Å². The topological polar surface area (TPSA) is 41.0 Å². The van der Waals surface area contributed by atoms with Crippen molar-refractivity contribution >= 4 is 11.8 Å². The molecule has 236 valence electrons. The van der Waals surface area contributed by atoms with Crippen LogP contribution in [0.1, 0.15) is 35.6 Å². The smallest absolute Gasteiger partial charge is 0.260 e. The Morgan fingerprint density at radius 1 is 0.886 bits per heavy atom. The van der Waals surface area contributed by atoms with Crippen molar-refractivity contribution in [3.05, 3.63) is 80.9 Å². The van der Waals surface area contributed by atoms with E-state index in [0.29, 0.717) is 28.5 Å². The fourth-order valence-corrected chi connectivity index (χ4v) is 8.40. The molecule has 3 aliphatic rings. The third kappa shape index (κ3) is 6.18. The van der Waals surface area contributed by atoms with Crippen molar-refractivity contribution in [1.82, 2.24) is 19.3 Å². The van der Waals surface area contributed by atoms with Crippen LogP contribution < -0.4 is 10.3 Å². The molecule has 44 heavy (non-hydrogen) atoms. The number of methoxy groups -OCH3 is 1. The predicted molar refractivity (Wildman–Crippen MR) is 169 cm³/mol. The van der Waals surface area contributed by atoms with Gasteiger partial charge in [0.15, 0.2) is 11.6 Å². The second kappa shape index (κ2) is 13.3. The van der Waals surface area contributed by atoms with E-state index in [1.807, 2.05) is 0 Å². The van der Waals surface area contributed by atoms with Crippen molar-refractivity contribution in [3.63, 3.8) is 0 Å². The Kier molecular flexibility index (Phi) is 9.42. The van der Waals surface area contributed by atoms with Crippen LogP contribution in [0.2, 0.25) is 0 Å². The van der Waals surface area contributed by atoms with Crippen LogP contribution in [0.5, 0.6) is 5.75 Å². The van der Waals surface area contributed by atoms with E-state index in [1.165, 1.54) is 57.3 Å². The molecule has 2 saturated heterocycles. The highest BCUT2D eigenvalue weighted by Crippen LogP contribution is 2.41. The molecular weight excluding hydrogens is 585 g/mol. The number of aromatic nitrogens is 1. The Balaban J connectivity index is 1.30. The van der Waals surface area contributed by atoms with Gasteiger partial charge >= 0.3 is 0 Å². The molecule has 2 aromatic carbocycles. The number of benzene rings is 2. The van der Waals surface area contributed by atoms with Gasteiger partial charge in [0.25, 0.3) is 5.56 Å². The molecule has 0 aliphatic carbocycles. The van der Waals surface area contributed by atoms with Crippen molar-refractivity contribution in [2.24, 2.45) is 5.92 Å². The van der Waals surface area contributed by atoms with Gasteiger partial charge in [-0.05, 0) is 75.1 Å². The number of nitrogens with zero attached hydrogens (tertiary/aromatic N) is 4. The van der Waals surface area contributed by atoms with Gasteiger partial charge in [-0.2, -0.15) is 0 Å². The van der Waals surface area contributed by atoms with Crippen LogP contribution in [0.3, 0.4) is 0 Å². The fourth-order valence-electron chi connectivity index (χ4n) is 7.03. The molecule has 0 saturated carbocycles. The molecule has 2 fully saturated rings. The number of halogens is 3. The molecule has 0 N–H and O–H groups in total. The quantitative estimate of drug-likeness (QED) is 0.332. The molecule has 6 rings (SSSR count). The molecule has 3 aromatic rings. The van der Waals surface area contributed by atoms with E-state index in [4.69, 9.17) is 4.74 Å². The number of hydrogen-bond acceptors (Lipinski definition) is 6. The Bertz CT molecular complexity index is 1540. The highest BCUT2D eigenvalue weighted by atomic mass is 32.2. The van der Waals surface area contributed by atoms with E-state index in [2.05, 4.69) is 21.7 Å². The summed E-state index contributed by atoms with van der Waals surface area (Å²) in [6.07, 6.45) is 2.48. The number of likely N-dealkylation sites (tertiary alicyclic amines) is 1. The largest absolute Gasteiger partial charge is 0.494 e. The third-order valence-electron chi connectivity index (χ3n) is 9.67. The van der Waals surface area contributed by atoms with Crippen molar-refractivity contribution < 1.29 is 17.9 Å². The Labute approximate surface area is 261 Å². The van der Waals surface area contributed by atoms with Crippen molar-refractivity contribution in [2.45, 2.75) is 37.3 Å². The van der Waals surface area contributed by atoms with Gasteiger partial charge in [0.1, 0.15) is 11.6 Å². The normalized spacial score (nSPS) is 20.3. The molecule has 4 heterocycles. The van der Waals surface area contributed by atoms with Crippen molar-refractivity contribution in [3.8, 4) is 16.9 Å². The maximum atomic E-state index is 15.6. The number of piperazine rings is 1. The van der Waals surface area contributed by atoms with Gasteiger partial charge in [-0.3, -0.25) is 14.3 Å². The number of hydrogen-bond donors (Lipinski definition) is 0. The standard InChI is InChI=1S/C34H41F3N4O2S/c1-22-26(18-27-28(35)7-5-8-29(27)36)34-41(33(42)31(22)25-6-4-9-30(43-3)32(25)37)24(21-44-34)20-40-16-14-39(15-17-40)19-23-10-12-38(2)13-11-23/h4-9,23-24H,10-21H2,1-3H3. The molecule has 10 heteroatoms. The van der Waals surface area contributed by atoms with Crippen molar-refractivity contribution in [1.29, 1.82) is 0 Å². The van der Waals surface area contributed by atoms with Crippen LogP contribution in [-0.2, 0) is 6.42 Å². The van der Waals surface area contributed by atoms with Gasteiger partial charge < -0.3 is 14.5 Å². The minimum Gasteiger partial charge on any atom is -0.494 e. The lowest BCUT2D eigenvalue weighted by atomic mass is 9.94. The van der Waals surface area contributed by atoms with Gasteiger partial charge in [0.05, 0.1) is 23.7 Å². The third-order valence-corrected chi connectivity index (χ3v) is 10.9. The summed E-state index contributed by atoms with van der Waals surface area (Å²) < 4.78 is 52.4. The SMILES string of the molecule is COc1cccc(-c2c(C)c(Cc3c(F)cccc3F)c3n(c2=O)C(CN2CCN(CC4CCN(C)CC4)CC2)CS3)c1F. The molecule has 1 atom stereocenters. The molecule has 6 nitrogen and oxygen atoms in total. The van der Waals surface area contributed by atoms with Crippen LogP contribution >= 0.6 is 11.8 Å². The molecule has 1 unspecified atom stereocenters. The number of fused-ring (bicyclic) bond motifs is 1. The number of rotatable bonds is 8. The van der Waals surface area contributed by atoms with Crippen LogP contribution in [0.4, 0.5) is 13.2 Å². The maximum Gasteiger partial charge on any atom is 0.260 e. The Morgan fingerprint density at radius 3 is 2.18 bits per heavy atom. The summed E-state index contributed by atoms with van der Waals surface area (Å²) in [5.74, 6) is -0.436. The first-order valence-electron chi connectivity index (χ1n) is 15.5. The maximum absolute atomic E-state index is 15.6. The molecule has 0 amide bonds. The van der Waals surface area contributed by atoms with Gasteiger partial charge in [0, 0.05) is 62.6 Å². The zero-order chi connectivity index (χ0) is 31.0. The van der Waals surface area contributed by atoms with Crippen molar-refractivity contribution in [2.75, 3.05) is 72.3 Å². The summed E-state index contributed by atoms with van der Waals surface area (Å²) in [6.45, 7) is 9.78. The molecule has 3 aliphatic heterocycles. The zero-order valence-electron chi connectivity index (χ0n) is 25.8. The highest BCUT2D eigenvalue weighted by Gasteiger charge is 2.34. The van der Waals surface area contributed by atoms with Gasteiger partial charge in [-0.25, -0.2) is 13.2 Å². The Morgan fingerprint density at radius 2 is 1.52 bits per heavy atom. The van der Waals surface area contributed by atoms with E-state index >= 15 is 4.39 Å². The Hall–Kier alpha value is -2.79. The number of ether oxygens (including phenoxy) is 1. The van der Waals surface area contributed by atoms with Crippen LogP contribution in [0, 0.1) is 30.3 Å². The summed E-state index contributed by atoms with van der Waals surface area (Å²) in [7, 11) is 3.58. The first-order valence-corrected chi connectivity index (χ1v) is 16.5. The number of piperidine rings is 1. The van der Waals surface area contributed by atoms with E-state index in [9.17, 15) is 13.6 Å². The minimum atomic E-state index is -0.638. The lowest BCUT2D eigenvalue weighted by Crippen LogP contribution is -2.50. The van der Waals surface area contributed by atoms with Gasteiger partial charge in [-0.1, -0.05) is 18.2 Å². The predicted octanol–water partition coefficient (Wildman–Crippen LogP) is 5.45. The van der Waals surface area contributed by atoms with E-state index < -0.39 is 17.5 Å². The number of pyridine rings is 1. The monoisotopic (exact) mass is 626 g/mol. The average Bonchev–Trinajstić information content (AvgIpc) is 3.43. The first kappa shape index (κ1) is 31.2. The highest BCUT2D eigenvalue weighted by molar-refractivity contribution is 7.99. The second-order valence-corrected chi connectivity index (χ2v) is 13.5. The number of thioether (sulfide) groups is 1. The molecule has 1 aromatic heterocycles. The molecule has 0 spiro atoms. The van der Waals surface area contributed by atoms with E-state index in [0.717, 1.165) is 38.6 Å². The van der Waals surface area contributed by atoms with Crippen LogP contribution in [0.25, 0.3) is 11.1 Å². The summed E-state index contributed by atoms with van der Waals surface area (Å²) in [5, 5.41) is 0.716. The van der Waals surface area contributed by atoms with Crippen LogP contribution in [0.15, 0.2) is 46.2 Å². The van der Waals surface area contributed by atoms with Crippen LogP contribution in [-0.4, -0.2) is 91.5 Å². The van der Waals surface area contributed by atoms with E-state index in [-0.39, 0.29) is 40.5 Å². The molecule has 0 radical (unpaired) electrons. The summed E-state index contributed by atoms with van der Waals surface area (Å²) in [6, 6.07) is 8.43. The first-order chi connectivity index (χ1) is 21.2. The summed E-state index contributed by atoms with van der Waals surface area (Å²) in [5.41, 5.74) is 1.20. The lowest BCUT2D eigenvalue weighted by molar-refractivity contribution is 0.0931. The average molecular weight is 627 g/mol. The fraction of sp³-hybridized carbons (Fsp3) is 0.500. The van der Waals surface area contributed by atoms with Gasteiger partial charge in [0.2, 0.25) is 0 Å². The molecule has 0 bridgehead atoms. The summed E-state index contributed by atoms with van der Waals surface area (Å²) in [4.78, 5) is 21.7. The zero-order valence-corrected chi connectivity index (χ0v) is 26.6. The molecular formula is C34H41F3N4O2S. The lowest BCUT2D eigenvalue weighted by Gasteiger charge is -2.39. The summed E-state index contributed by atoms with van der Waals surface area (Å²) >= 11 is 1.55. The second-order valence-electron chi connectivity index (χ2n) is 12.5. The van der Waals surface area contributed by atoms with Gasteiger partial charge in [-0.15, -0.1) is 11.8 Å². The minimum absolute atomic E-state index is 0.0338.